The third-order valence-electron chi connectivity index (χ3n) is 6.35. The summed E-state index contributed by atoms with van der Waals surface area (Å²) in [6, 6.07) is 15.5. The maximum absolute atomic E-state index is 12.1. The summed E-state index contributed by atoms with van der Waals surface area (Å²) in [6.45, 7) is 4.20. The normalized spacial score (nSPS) is 17.8. The number of ether oxygens (including phenoxy) is 4. The van der Waals surface area contributed by atoms with Crippen molar-refractivity contribution in [3.05, 3.63) is 71.3 Å². The van der Waals surface area contributed by atoms with Crippen molar-refractivity contribution < 1.29 is 38.7 Å². The van der Waals surface area contributed by atoms with Gasteiger partial charge in [-0.2, -0.15) is 0 Å². The lowest BCUT2D eigenvalue weighted by Crippen LogP contribution is -2.07. The molecule has 8 nitrogen and oxygen atoms in total. The molecule has 2 saturated heterocycles. The minimum Gasteiger partial charge on any atom is -0.491 e. The highest BCUT2D eigenvalue weighted by atomic mass is 16.6. The fourth-order valence-corrected chi connectivity index (χ4v) is 4.27. The Morgan fingerprint density at radius 2 is 1.32 bits per heavy atom. The van der Waals surface area contributed by atoms with Crippen molar-refractivity contribution in [2.24, 2.45) is 0 Å². The second-order valence-electron chi connectivity index (χ2n) is 9.18. The summed E-state index contributed by atoms with van der Waals surface area (Å²) in [5.74, 6) is -0.934. The lowest BCUT2D eigenvalue weighted by atomic mass is 9.89. The largest absolute Gasteiger partial charge is 0.491 e. The van der Waals surface area contributed by atoms with Crippen molar-refractivity contribution in [2.45, 2.75) is 32.0 Å². The van der Waals surface area contributed by atoms with Crippen molar-refractivity contribution in [3.63, 3.8) is 0 Å². The molecule has 0 aromatic heterocycles. The molecule has 2 heterocycles. The van der Waals surface area contributed by atoms with Gasteiger partial charge in [0.2, 0.25) is 0 Å². The van der Waals surface area contributed by atoms with Gasteiger partial charge in [-0.1, -0.05) is 31.5 Å². The van der Waals surface area contributed by atoms with E-state index in [-0.39, 0.29) is 23.3 Å². The summed E-state index contributed by atoms with van der Waals surface area (Å²) < 4.78 is 22.0. The van der Waals surface area contributed by atoms with E-state index in [0.29, 0.717) is 61.0 Å². The molecule has 2 N–H and O–H groups in total. The van der Waals surface area contributed by atoms with Crippen molar-refractivity contribution in [1.82, 2.24) is 0 Å². The molecule has 2 aliphatic heterocycles. The van der Waals surface area contributed by atoms with Gasteiger partial charge in [-0.25, -0.2) is 9.59 Å². The number of aromatic carboxylic acids is 2. The topological polar surface area (TPSA) is 118 Å². The molecule has 2 unspecified atom stereocenters. The van der Waals surface area contributed by atoms with Gasteiger partial charge in [-0.15, -0.1) is 0 Å². The molecule has 2 fully saturated rings. The van der Waals surface area contributed by atoms with Crippen LogP contribution in [0, 0.1) is 0 Å². The van der Waals surface area contributed by atoms with Crippen LogP contribution in [0.15, 0.2) is 54.6 Å². The highest BCUT2D eigenvalue weighted by Gasteiger charge is 2.25. The summed E-state index contributed by atoms with van der Waals surface area (Å²) in [5.41, 5.74) is 3.82. The molecular weight excluding hydrogens is 476 g/mol. The molecule has 3 aromatic rings. The lowest BCUT2D eigenvalue weighted by Gasteiger charge is -2.17. The van der Waals surface area contributed by atoms with E-state index in [1.807, 2.05) is 25.1 Å². The lowest BCUT2D eigenvalue weighted by molar-refractivity contribution is 0.0686. The summed E-state index contributed by atoms with van der Waals surface area (Å²) in [6.07, 6.45) is 1.67. The fourth-order valence-electron chi connectivity index (χ4n) is 4.27. The van der Waals surface area contributed by atoms with Crippen LogP contribution in [-0.2, 0) is 15.9 Å². The van der Waals surface area contributed by atoms with Gasteiger partial charge in [0.05, 0.1) is 24.3 Å². The van der Waals surface area contributed by atoms with Gasteiger partial charge in [0.1, 0.15) is 36.9 Å². The smallest absolute Gasteiger partial charge is 0.336 e. The van der Waals surface area contributed by atoms with Crippen LogP contribution in [0.2, 0.25) is 0 Å². The van der Waals surface area contributed by atoms with Crippen molar-refractivity contribution in [1.29, 1.82) is 0 Å². The molecule has 0 aliphatic carbocycles. The van der Waals surface area contributed by atoms with Crippen LogP contribution < -0.4 is 9.47 Å². The zero-order valence-electron chi connectivity index (χ0n) is 20.4. The summed E-state index contributed by atoms with van der Waals surface area (Å²) in [7, 11) is 0. The third kappa shape index (κ3) is 5.93. The zero-order chi connectivity index (χ0) is 25.9. The Morgan fingerprint density at radius 1 is 0.784 bits per heavy atom. The zero-order valence-corrected chi connectivity index (χ0v) is 20.4. The van der Waals surface area contributed by atoms with E-state index in [2.05, 4.69) is 0 Å². The number of benzene rings is 3. The first-order valence-electron chi connectivity index (χ1n) is 12.3. The molecule has 37 heavy (non-hydrogen) atoms. The van der Waals surface area contributed by atoms with Crippen LogP contribution in [-0.4, -0.2) is 60.8 Å². The van der Waals surface area contributed by atoms with Crippen LogP contribution in [0.4, 0.5) is 0 Å². The molecule has 3 aromatic carbocycles. The second-order valence-corrected chi connectivity index (χ2v) is 9.18. The summed E-state index contributed by atoms with van der Waals surface area (Å²) >= 11 is 0. The first-order chi connectivity index (χ1) is 17.9. The van der Waals surface area contributed by atoms with Gasteiger partial charge < -0.3 is 29.2 Å². The van der Waals surface area contributed by atoms with E-state index in [0.717, 1.165) is 17.5 Å². The van der Waals surface area contributed by atoms with Crippen molar-refractivity contribution in [3.8, 4) is 33.8 Å². The number of rotatable bonds is 12. The van der Waals surface area contributed by atoms with Crippen LogP contribution in [0.25, 0.3) is 22.3 Å². The van der Waals surface area contributed by atoms with Gasteiger partial charge in [-0.3, -0.25) is 0 Å². The molecule has 0 bridgehead atoms. The molecular formula is C29H28O8. The van der Waals surface area contributed by atoms with Crippen LogP contribution >= 0.6 is 0 Å². The van der Waals surface area contributed by atoms with Gasteiger partial charge in [0, 0.05) is 5.56 Å². The third-order valence-corrected chi connectivity index (χ3v) is 6.35. The predicted octanol–water partition coefficient (Wildman–Crippen LogP) is 4.92. The number of carboxylic acid groups (broad SMARTS) is 2. The number of epoxide rings is 2. The molecule has 0 amide bonds. The Morgan fingerprint density at radius 3 is 1.84 bits per heavy atom. The highest BCUT2D eigenvalue weighted by Crippen LogP contribution is 2.36. The van der Waals surface area contributed by atoms with Crippen molar-refractivity contribution in [2.75, 3.05) is 26.4 Å². The quantitative estimate of drug-likeness (QED) is 0.334. The molecule has 0 radical (unpaired) electrons. The number of carboxylic acids is 2. The van der Waals surface area contributed by atoms with Gasteiger partial charge in [0.25, 0.3) is 0 Å². The molecule has 5 rings (SSSR count). The first-order valence-corrected chi connectivity index (χ1v) is 12.3. The maximum Gasteiger partial charge on any atom is 0.336 e. The number of aryl methyl sites for hydroxylation is 1. The Bertz CT molecular complexity index is 1320. The van der Waals surface area contributed by atoms with Crippen molar-refractivity contribution >= 4 is 11.9 Å². The van der Waals surface area contributed by atoms with Crippen LogP contribution in [0.5, 0.6) is 11.5 Å². The Labute approximate surface area is 214 Å². The van der Waals surface area contributed by atoms with Gasteiger partial charge in [0.15, 0.2) is 0 Å². The van der Waals surface area contributed by atoms with Gasteiger partial charge >= 0.3 is 11.9 Å². The molecule has 2 aliphatic rings. The summed E-state index contributed by atoms with van der Waals surface area (Å²) in [5, 5.41) is 19.7. The van der Waals surface area contributed by atoms with Crippen LogP contribution in [0.1, 0.15) is 39.6 Å². The fraction of sp³-hybridized carbons (Fsp3) is 0.310. The monoisotopic (exact) mass is 504 g/mol. The van der Waals surface area contributed by atoms with Crippen LogP contribution in [0.3, 0.4) is 0 Å². The first kappa shape index (κ1) is 24.8. The minimum atomic E-state index is -1.04. The van der Waals surface area contributed by atoms with E-state index in [1.54, 1.807) is 36.4 Å². The number of hydrogen-bond acceptors (Lipinski definition) is 6. The van der Waals surface area contributed by atoms with E-state index in [1.165, 1.54) is 0 Å². The molecule has 2 atom stereocenters. The average molecular weight is 505 g/mol. The molecule has 192 valence electrons. The SMILES string of the molecule is CCCc1cc(-c2cc(OCC3CO3)ccc2C(=O)O)ccc1-c1cc(OCC2CO2)ccc1C(=O)O. The summed E-state index contributed by atoms with van der Waals surface area (Å²) in [4.78, 5) is 24.1. The van der Waals surface area contributed by atoms with E-state index in [4.69, 9.17) is 18.9 Å². The number of hydrogen-bond donors (Lipinski definition) is 2. The predicted molar refractivity (Wildman–Crippen MR) is 136 cm³/mol. The minimum absolute atomic E-state index is 0.0810. The average Bonchev–Trinajstić information content (AvgIpc) is 3.81. The highest BCUT2D eigenvalue weighted by molar-refractivity contribution is 5.99. The van der Waals surface area contributed by atoms with E-state index < -0.39 is 11.9 Å². The van der Waals surface area contributed by atoms with Gasteiger partial charge in [-0.05, 0) is 65.1 Å². The molecule has 0 spiro atoms. The Hall–Kier alpha value is -3.88. The molecule has 0 saturated carbocycles. The standard InChI is InChI=1S/C29H28O8/c1-2-3-17-10-18(26-11-19(34-13-21-15-36-21)5-8-24(26)28(30)31)4-7-23(17)27-12-20(35-14-22-16-37-22)6-9-25(27)29(32)33/h4-12,21-22H,2-3,13-16H2,1H3,(H,30,31)(H,32,33). The Kier molecular flexibility index (Phi) is 7.12. The second kappa shape index (κ2) is 10.6. The maximum atomic E-state index is 12.1. The van der Waals surface area contributed by atoms with E-state index >= 15 is 0 Å². The van der Waals surface area contributed by atoms with E-state index in [9.17, 15) is 19.8 Å². The Balaban J connectivity index is 1.55. The number of carbonyl (C=O) groups is 2. The molecule has 8 heteroatoms.